The van der Waals surface area contributed by atoms with Crippen LogP contribution in [0.5, 0.6) is 0 Å². The quantitative estimate of drug-likeness (QED) is 0.257. The molecule has 0 aromatic heterocycles. The van der Waals surface area contributed by atoms with Gasteiger partial charge in [0.25, 0.3) is 0 Å². The molecule has 0 radical (unpaired) electrons. The summed E-state index contributed by atoms with van der Waals surface area (Å²) in [6.07, 6.45) is 2.42. The molecule has 0 saturated heterocycles. The highest BCUT2D eigenvalue weighted by atomic mass is 127. The number of guanidine groups is 1. The van der Waals surface area contributed by atoms with Crippen LogP contribution < -0.4 is 10.6 Å². The molecule has 0 aromatic rings. The standard InChI is InChI=1S/C15H34N4.HI/c1-6-16-15(17-11-9-10-14(4)5)18-12-13-19(7-2)8-3;/h14H,6-13H2,1-5H3,(H2,16,17,18);1H. The van der Waals surface area contributed by atoms with Crippen LogP contribution in [0.1, 0.15) is 47.5 Å². The zero-order valence-corrected chi connectivity index (χ0v) is 16.4. The van der Waals surface area contributed by atoms with Gasteiger partial charge in [-0.15, -0.1) is 24.0 Å². The van der Waals surface area contributed by atoms with Gasteiger partial charge in [0.05, 0.1) is 0 Å². The van der Waals surface area contributed by atoms with Gasteiger partial charge in [0.15, 0.2) is 5.96 Å². The molecule has 2 N–H and O–H groups in total. The van der Waals surface area contributed by atoms with Crippen molar-refractivity contribution in [3.05, 3.63) is 0 Å². The number of likely N-dealkylation sites (N-methyl/N-ethyl adjacent to an activating group) is 1. The van der Waals surface area contributed by atoms with Gasteiger partial charge in [-0.3, -0.25) is 4.99 Å². The Morgan fingerprint density at radius 3 is 2.25 bits per heavy atom. The Balaban J connectivity index is 0. The third kappa shape index (κ3) is 13.0. The van der Waals surface area contributed by atoms with Crippen LogP contribution in [0.25, 0.3) is 0 Å². The second kappa shape index (κ2) is 15.4. The lowest BCUT2D eigenvalue weighted by molar-refractivity contribution is 0.308. The number of aliphatic imine (C=N–C) groups is 1. The van der Waals surface area contributed by atoms with Crippen molar-refractivity contribution in [1.29, 1.82) is 0 Å². The molecule has 0 aliphatic heterocycles. The van der Waals surface area contributed by atoms with Gasteiger partial charge in [0, 0.05) is 26.2 Å². The van der Waals surface area contributed by atoms with E-state index >= 15 is 0 Å². The number of hydrogen-bond donors (Lipinski definition) is 2. The topological polar surface area (TPSA) is 39.7 Å². The van der Waals surface area contributed by atoms with Crippen molar-refractivity contribution in [2.75, 3.05) is 39.3 Å². The van der Waals surface area contributed by atoms with Gasteiger partial charge in [-0.25, -0.2) is 0 Å². The molecule has 0 saturated carbocycles. The predicted molar refractivity (Wildman–Crippen MR) is 101 cm³/mol. The molecule has 122 valence electrons. The summed E-state index contributed by atoms with van der Waals surface area (Å²) in [5.74, 6) is 1.73. The van der Waals surface area contributed by atoms with Gasteiger partial charge in [0.1, 0.15) is 0 Å². The molecule has 0 fully saturated rings. The fraction of sp³-hybridized carbons (Fsp3) is 0.933. The van der Waals surface area contributed by atoms with Crippen molar-refractivity contribution < 1.29 is 0 Å². The first-order chi connectivity index (χ1) is 9.13. The summed E-state index contributed by atoms with van der Waals surface area (Å²) >= 11 is 0. The number of nitrogens with zero attached hydrogens (tertiary/aromatic N) is 2. The zero-order valence-electron chi connectivity index (χ0n) is 14.0. The smallest absolute Gasteiger partial charge is 0.191 e. The van der Waals surface area contributed by atoms with E-state index in [0.29, 0.717) is 0 Å². The Kier molecular flexibility index (Phi) is 17.1. The maximum atomic E-state index is 4.61. The summed E-state index contributed by atoms with van der Waals surface area (Å²) in [5.41, 5.74) is 0. The van der Waals surface area contributed by atoms with Crippen molar-refractivity contribution in [3.63, 3.8) is 0 Å². The summed E-state index contributed by atoms with van der Waals surface area (Å²) in [6, 6.07) is 0. The van der Waals surface area contributed by atoms with Crippen LogP contribution in [-0.4, -0.2) is 50.1 Å². The molecule has 0 aliphatic carbocycles. The minimum atomic E-state index is 0. The van der Waals surface area contributed by atoms with E-state index in [0.717, 1.165) is 51.1 Å². The second-order valence-corrected chi connectivity index (χ2v) is 5.25. The summed E-state index contributed by atoms with van der Waals surface area (Å²) in [7, 11) is 0. The van der Waals surface area contributed by atoms with Crippen LogP contribution in [0.3, 0.4) is 0 Å². The van der Waals surface area contributed by atoms with Crippen LogP contribution in [0.15, 0.2) is 4.99 Å². The third-order valence-corrected chi connectivity index (χ3v) is 3.17. The second-order valence-electron chi connectivity index (χ2n) is 5.25. The first-order valence-electron chi connectivity index (χ1n) is 7.88. The molecule has 20 heavy (non-hydrogen) atoms. The van der Waals surface area contributed by atoms with Crippen molar-refractivity contribution in [1.82, 2.24) is 15.5 Å². The number of nitrogens with one attached hydrogen (secondary N) is 2. The van der Waals surface area contributed by atoms with E-state index in [9.17, 15) is 0 Å². The average molecular weight is 398 g/mol. The van der Waals surface area contributed by atoms with E-state index in [2.05, 4.69) is 55.1 Å². The van der Waals surface area contributed by atoms with Crippen LogP contribution in [0, 0.1) is 5.92 Å². The first-order valence-corrected chi connectivity index (χ1v) is 7.88. The normalized spacial score (nSPS) is 11.7. The lowest BCUT2D eigenvalue weighted by atomic mass is 10.1. The molecule has 0 aliphatic rings. The number of rotatable bonds is 10. The monoisotopic (exact) mass is 398 g/mol. The van der Waals surface area contributed by atoms with Crippen LogP contribution >= 0.6 is 24.0 Å². The number of hydrogen-bond acceptors (Lipinski definition) is 2. The van der Waals surface area contributed by atoms with E-state index in [1.54, 1.807) is 0 Å². The molecular formula is C15H35IN4. The Labute approximate surface area is 143 Å². The maximum absolute atomic E-state index is 4.61. The van der Waals surface area contributed by atoms with E-state index in [-0.39, 0.29) is 24.0 Å². The van der Waals surface area contributed by atoms with Crippen LogP contribution in [0.4, 0.5) is 0 Å². The zero-order chi connectivity index (χ0) is 14.5. The summed E-state index contributed by atoms with van der Waals surface area (Å²) < 4.78 is 0. The Morgan fingerprint density at radius 1 is 1.10 bits per heavy atom. The molecule has 4 nitrogen and oxygen atoms in total. The van der Waals surface area contributed by atoms with Crippen molar-refractivity contribution >= 4 is 29.9 Å². The fourth-order valence-electron chi connectivity index (χ4n) is 1.90. The van der Waals surface area contributed by atoms with E-state index in [1.807, 2.05) is 0 Å². The molecule has 0 spiro atoms. The highest BCUT2D eigenvalue weighted by Gasteiger charge is 2.00. The summed E-state index contributed by atoms with van der Waals surface area (Å²) in [6.45, 7) is 17.1. The van der Waals surface area contributed by atoms with Crippen molar-refractivity contribution in [2.45, 2.75) is 47.5 Å². The van der Waals surface area contributed by atoms with E-state index < -0.39 is 0 Å². The van der Waals surface area contributed by atoms with Gasteiger partial charge >= 0.3 is 0 Å². The predicted octanol–water partition coefficient (Wildman–Crippen LogP) is 2.94. The van der Waals surface area contributed by atoms with Crippen molar-refractivity contribution in [2.24, 2.45) is 10.9 Å². The van der Waals surface area contributed by atoms with Crippen molar-refractivity contribution in [3.8, 4) is 0 Å². The minimum absolute atomic E-state index is 0. The average Bonchev–Trinajstić information content (AvgIpc) is 2.39. The van der Waals surface area contributed by atoms with Crippen LogP contribution in [-0.2, 0) is 0 Å². The molecule has 0 rings (SSSR count). The first kappa shape index (κ1) is 22.2. The fourth-order valence-corrected chi connectivity index (χ4v) is 1.90. The molecule has 0 bridgehead atoms. The minimum Gasteiger partial charge on any atom is -0.357 e. The molecule has 0 heterocycles. The van der Waals surface area contributed by atoms with Gasteiger partial charge in [-0.05, 0) is 38.8 Å². The van der Waals surface area contributed by atoms with Gasteiger partial charge < -0.3 is 15.5 Å². The SMILES string of the molecule is CCNC(=NCCCC(C)C)NCCN(CC)CC.I. The van der Waals surface area contributed by atoms with E-state index in [1.165, 1.54) is 12.8 Å². The van der Waals surface area contributed by atoms with Gasteiger partial charge in [-0.1, -0.05) is 27.7 Å². The molecular weight excluding hydrogens is 363 g/mol. The summed E-state index contributed by atoms with van der Waals surface area (Å²) in [4.78, 5) is 7.02. The Bertz CT molecular complexity index is 228. The Morgan fingerprint density at radius 2 is 1.75 bits per heavy atom. The van der Waals surface area contributed by atoms with Gasteiger partial charge in [0.2, 0.25) is 0 Å². The molecule has 0 unspecified atom stereocenters. The molecule has 0 atom stereocenters. The highest BCUT2D eigenvalue weighted by Crippen LogP contribution is 2.02. The third-order valence-electron chi connectivity index (χ3n) is 3.17. The number of halogens is 1. The summed E-state index contributed by atoms with van der Waals surface area (Å²) in [5, 5.41) is 6.71. The largest absolute Gasteiger partial charge is 0.357 e. The van der Waals surface area contributed by atoms with Crippen LogP contribution in [0.2, 0.25) is 0 Å². The van der Waals surface area contributed by atoms with E-state index in [4.69, 9.17) is 0 Å². The molecule has 5 heteroatoms. The maximum Gasteiger partial charge on any atom is 0.191 e. The lowest BCUT2D eigenvalue weighted by Crippen LogP contribution is -2.41. The van der Waals surface area contributed by atoms with Gasteiger partial charge in [-0.2, -0.15) is 0 Å². The molecule has 0 aromatic carbocycles. The lowest BCUT2D eigenvalue weighted by Gasteiger charge is -2.19. The molecule has 0 amide bonds. The Hall–Kier alpha value is -0.0400. The highest BCUT2D eigenvalue weighted by molar-refractivity contribution is 14.0.